The van der Waals surface area contributed by atoms with E-state index in [0.29, 0.717) is 12.6 Å². The summed E-state index contributed by atoms with van der Waals surface area (Å²) in [5.41, 5.74) is 0.265. The molecule has 0 amide bonds. The average molecular weight is 314 g/mol. The summed E-state index contributed by atoms with van der Waals surface area (Å²) in [6, 6.07) is 6.39. The first kappa shape index (κ1) is 15.3. The molecule has 0 radical (unpaired) electrons. The SMILES string of the molecule is N#Cc1ccc(S(=O)(=O)NCC[C@@H]2CCCN2)cc1Cl. The molecule has 1 atom stereocenters. The van der Waals surface area contributed by atoms with Gasteiger partial charge in [-0.15, -0.1) is 0 Å². The monoisotopic (exact) mass is 313 g/mol. The van der Waals surface area contributed by atoms with Crippen molar-refractivity contribution in [2.45, 2.75) is 30.2 Å². The summed E-state index contributed by atoms with van der Waals surface area (Å²) < 4.78 is 26.7. The molecule has 1 saturated heterocycles. The van der Waals surface area contributed by atoms with Gasteiger partial charge in [-0.05, 0) is 44.0 Å². The van der Waals surface area contributed by atoms with E-state index in [0.717, 1.165) is 25.8 Å². The highest BCUT2D eigenvalue weighted by atomic mass is 35.5. The van der Waals surface area contributed by atoms with Crippen LogP contribution in [0.5, 0.6) is 0 Å². The average Bonchev–Trinajstić information content (AvgIpc) is 2.91. The van der Waals surface area contributed by atoms with Crippen LogP contribution in [0.2, 0.25) is 5.02 Å². The molecule has 7 heteroatoms. The summed E-state index contributed by atoms with van der Waals surface area (Å²) in [5.74, 6) is 0. The Labute approximate surface area is 124 Å². The van der Waals surface area contributed by atoms with Gasteiger partial charge in [-0.2, -0.15) is 5.26 Å². The van der Waals surface area contributed by atoms with Crippen molar-refractivity contribution in [3.8, 4) is 6.07 Å². The molecule has 0 aromatic heterocycles. The van der Waals surface area contributed by atoms with Gasteiger partial charge in [0.05, 0.1) is 15.5 Å². The Morgan fingerprint density at radius 3 is 2.90 bits per heavy atom. The van der Waals surface area contributed by atoms with Crippen molar-refractivity contribution >= 4 is 21.6 Å². The van der Waals surface area contributed by atoms with Crippen LogP contribution in [0.15, 0.2) is 23.1 Å². The number of benzene rings is 1. The molecule has 1 fully saturated rings. The third kappa shape index (κ3) is 3.70. The summed E-state index contributed by atoms with van der Waals surface area (Å²) >= 11 is 5.85. The maximum absolute atomic E-state index is 12.1. The number of hydrogen-bond donors (Lipinski definition) is 2. The second kappa shape index (κ2) is 6.55. The summed E-state index contributed by atoms with van der Waals surface area (Å²) in [4.78, 5) is 0.0841. The first-order chi connectivity index (χ1) is 9.53. The highest BCUT2D eigenvalue weighted by molar-refractivity contribution is 7.89. The largest absolute Gasteiger partial charge is 0.314 e. The molecule has 20 heavy (non-hydrogen) atoms. The quantitative estimate of drug-likeness (QED) is 0.865. The van der Waals surface area contributed by atoms with Gasteiger partial charge in [-0.1, -0.05) is 11.6 Å². The minimum absolute atomic E-state index is 0.0841. The van der Waals surface area contributed by atoms with E-state index in [1.165, 1.54) is 18.2 Å². The van der Waals surface area contributed by atoms with Crippen molar-refractivity contribution in [3.63, 3.8) is 0 Å². The Hall–Kier alpha value is -1.13. The molecular weight excluding hydrogens is 298 g/mol. The van der Waals surface area contributed by atoms with E-state index in [1.807, 2.05) is 6.07 Å². The Morgan fingerprint density at radius 2 is 2.30 bits per heavy atom. The second-order valence-electron chi connectivity index (χ2n) is 4.73. The van der Waals surface area contributed by atoms with E-state index in [4.69, 9.17) is 16.9 Å². The summed E-state index contributed by atoms with van der Waals surface area (Å²) in [5, 5.41) is 12.2. The molecule has 2 rings (SSSR count). The smallest absolute Gasteiger partial charge is 0.240 e. The number of nitriles is 1. The predicted octanol–water partition coefficient (Wildman–Crippen LogP) is 1.63. The fourth-order valence-electron chi connectivity index (χ4n) is 2.21. The van der Waals surface area contributed by atoms with Gasteiger partial charge in [0.15, 0.2) is 0 Å². The maximum atomic E-state index is 12.1. The molecular formula is C13H16ClN3O2S. The van der Waals surface area contributed by atoms with Gasteiger partial charge in [0.2, 0.25) is 10.0 Å². The zero-order valence-electron chi connectivity index (χ0n) is 10.9. The van der Waals surface area contributed by atoms with E-state index < -0.39 is 10.0 Å². The van der Waals surface area contributed by atoms with Crippen molar-refractivity contribution in [1.82, 2.24) is 10.0 Å². The molecule has 0 aliphatic carbocycles. The van der Waals surface area contributed by atoms with E-state index in [1.54, 1.807) is 0 Å². The van der Waals surface area contributed by atoms with Crippen LogP contribution in [0.4, 0.5) is 0 Å². The molecule has 1 aliphatic heterocycles. The van der Waals surface area contributed by atoms with Crippen LogP contribution in [0.25, 0.3) is 0 Å². The minimum atomic E-state index is -3.57. The molecule has 2 N–H and O–H groups in total. The summed E-state index contributed by atoms with van der Waals surface area (Å²) in [6.45, 7) is 1.39. The summed E-state index contributed by atoms with van der Waals surface area (Å²) in [7, 11) is -3.57. The van der Waals surface area contributed by atoms with Crippen molar-refractivity contribution in [3.05, 3.63) is 28.8 Å². The number of sulfonamides is 1. The number of nitrogens with one attached hydrogen (secondary N) is 2. The van der Waals surface area contributed by atoms with Gasteiger partial charge in [-0.25, -0.2) is 13.1 Å². The Balaban J connectivity index is 1.99. The van der Waals surface area contributed by atoms with Crippen LogP contribution in [-0.4, -0.2) is 27.5 Å². The van der Waals surface area contributed by atoms with E-state index >= 15 is 0 Å². The lowest BCUT2D eigenvalue weighted by Gasteiger charge is -2.11. The highest BCUT2D eigenvalue weighted by Crippen LogP contribution is 2.20. The number of nitrogens with zero attached hydrogens (tertiary/aromatic N) is 1. The standard InChI is InChI=1S/C13H16ClN3O2S/c14-13-8-12(4-3-10(13)9-15)20(18,19)17-7-5-11-2-1-6-16-11/h3-4,8,11,16-17H,1-2,5-7H2/t11-/m0/s1. The number of halogens is 1. The minimum Gasteiger partial charge on any atom is -0.314 e. The molecule has 0 saturated carbocycles. The van der Waals surface area contributed by atoms with Gasteiger partial charge in [0.25, 0.3) is 0 Å². The molecule has 1 aromatic carbocycles. The molecule has 0 unspecified atom stereocenters. The molecule has 1 aromatic rings. The van der Waals surface area contributed by atoms with Crippen LogP contribution >= 0.6 is 11.6 Å². The Kier molecular flexibility index (Phi) is 5.00. The lowest BCUT2D eigenvalue weighted by molar-refractivity contribution is 0.539. The van der Waals surface area contributed by atoms with E-state index in [9.17, 15) is 8.42 Å². The van der Waals surface area contributed by atoms with Crippen molar-refractivity contribution in [1.29, 1.82) is 5.26 Å². The lowest BCUT2D eigenvalue weighted by Crippen LogP contribution is -2.30. The first-order valence-electron chi connectivity index (χ1n) is 6.45. The highest BCUT2D eigenvalue weighted by Gasteiger charge is 2.18. The molecule has 5 nitrogen and oxygen atoms in total. The normalized spacial score (nSPS) is 18.9. The fourth-order valence-corrected chi connectivity index (χ4v) is 3.57. The molecule has 1 aliphatic rings. The van der Waals surface area contributed by atoms with Crippen LogP contribution in [0, 0.1) is 11.3 Å². The molecule has 0 spiro atoms. The second-order valence-corrected chi connectivity index (χ2v) is 6.91. The summed E-state index contributed by atoms with van der Waals surface area (Å²) in [6.07, 6.45) is 3.00. The van der Waals surface area contributed by atoms with Crippen molar-refractivity contribution in [2.75, 3.05) is 13.1 Å². The molecule has 108 valence electrons. The fraction of sp³-hybridized carbons (Fsp3) is 0.462. The Bertz CT molecular complexity index is 619. The maximum Gasteiger partial charge on any atom is 0.240 e. The van der Waals surface area contributed by atoms with Crippen LogP contribution in [0.3, 0.4) is 0 Å². The zero-order chi connectivity index (χ0) is 14.6. The van der Waals surface area contributed by atoms with Gasteiger partial charge >= 0.3 is 0 Å². The van der Waals surface area contributed by atoms with Gasteiger partial charge in [0, 0.05) is 12.6 Å². The van der Waals surface area contributed by atoms with Crippen LogP contribution < -0.4 is 10.0 Å². The predicted molar refractivity (Wildman–Crippen MR) is 77.0 cm³/mol. The van der Waals surface area contributed by atoms with Gasteiger partial charge < -0.3 is 5.32 Å². The zero-order valence-corrected chi connectivity index (χ0v) is 12.5. The third-order valence-electron chi connectivity index (χ3n) is 3.32. The molecule has 0 bridgehead atoms. The van der Waals surface area contributed by atoms with E-state index in [2.05, 4.69) is 10.0 Å². The van der Waals surface area contributed by atoms with Crippen molar-refractivity contribution < 1.29 is 8.42 Å². The molecule has 1 heterocycles. The van der Waals surface area contributed by atoms with Crippen LogP contribution in [-0.2, 0) is 10.0 Å². The van der Waals surface area contributed by atoms with Crippen molar-refractivity contribution in [2.24, 2.45) is 0 Å². The number of hydrogen-bond acceptors (Lipinski definition) is 4. The van der Waals surface area contributed by atoms with Crippen LogP contribution in [0.1, 0.15) is 24.8 Å². The third-order valence-corrected chi connectivity index (χ3v) is 5.09. The van der Waals surface area contributed by atoms with Gasteiger partial charge in [0.1, 0.15) is 6.07 Å². The van der Waals surface area contributed by atoms with E-state index in [-0.39, 0.29) is 15.5 Å². The first-order valence-corrected chi connectivity index (χ1v) is 8.32. The topological polar surface area (TPSA) is 82.0 Å². The lowest BCUT2D eigenvalue weighted by atomic mass is 10.2. The van der Waals surface area contributed by atoms with Gasteiger partial charge in [-0.3, -0.25) is 0 Å². The Morgan fingerprint density at radius 1 is 1.50 bits per heavy atom. The number of rotatable bonds is 5.